The van der Waals surface area contributed by atoms with Gasteiger partial charge in [0.05, 0.1) is 19.3 Å². The van der Waals surface area contributed by atoms with Crippen LogP contribution in [-0.2, 0) is 0 Å². The molecule has 1 unspecified atom stereocenters. The maximum absolute atomic E-state index is 10.2. The van der Waals surface area contributed by atoms with Crippen molar-refractivity contribution >= 4 is 23.4 Å². The lowest BCUT2D eigenvalue weighted by molar-refractivity contribution is 0.0780. The van der Waals surface area contributed by atoms with Crippen LogP contribution < -0.4 is 15.8 Å². The molecular formula is C13H19N3O2S. The smallest absolute Gasteiger partial charge is 0.193 e. The first kappa shape index (κ1) is 14.0. The number of rotatable bonds is 4. The molecule has 0 radical (unpaired) electrons. The van der Waals surface area contributed by atoms with Gasteiger partial charge < -0.3 is 20.9 Å². The Bertz CT molecular complexity index is 459. The van der Waals surface area contributed by atoms with E-state index in [1.807, 2.05) is 24.3 Å². The van der Waals surface area contributed by atoms with Gasteiger partial charge in [-0.2, -0.15) is 11.8 Å². The number of hydrogen-bond donors (Lipinski definition) is 3. The van der Waals surface area contributed by atoms with Gasteiger partial charge >= 0.3 is 0 Å². The van der Waals surface area contributed by atoms with Crippen LogP contribution in [-0.4, -0.2) is 41.8 Å². The van der Waals surface area contributed by atoms with Gasteiger partial charge in [-0.3, -0.25) is 4.99 Å². The second-order valence-corrected chi connectivity index (χ2v) is 5.69. The summed E-state index contributed by atoms with van der Waals surface area (Å²) in [6, 6.07) is 7.44. The topological polar surface area (TPSA) is 79.9 Å². The van der Waals surface area contributed by atoms with Crippen LogP contribution >= 0.6 is 11.8 Å². The largest absolute Gasteiger partial charge is 0.497 e. The number of nitrogens with zero attached hydrogens (tertiary/aromatic N) is 1. The van der Waals surface area contributed by atoms with Gasteiger partial charge in [0.15, 0.2) is 5.96 Å². The van der Waals surface area contributed by atoms with Gasteiger partial charge in [0.1, 0.15) is 5.75 Å². The number of guanidine groups is 1. The summed E-state index contributed by atoms with van der Waals surface area (Å²) in [6.45, 7) is 0.336. The van der Waals surface area contributed by atoms with E-state index in [2.05, 4.69) is 10.3 Å². The fourth-order valence-corrected chi connectivity index (χ4v) is 3.13. The Morgan fingerprint density at radius 3 is 3.16 bits per heavy atom. The zero-order chi connectivity index (χ0) is 13.7. The molecular weight excluding hydrogens is 262 g/mol. The highest BCUT2D eigenvalue weighted by Gasteiger charge is 2.31. The highest BCUT2D eigenvalue weighted by molar-refractivity contribution is 7.99. The number of benzene rings is 1. The van der Waals surface area contributed by atoms with Crippen LogP contribution in [0, 0.1) is 0 Å². The second kappa shape index (κ2) is 6.16. The summed E-state index contributed by atoms with van der Waals surface area (Å²) >= 11 is 1.74. The number of anilines is 1. The van der Waals surface area contributed by atoms with E-state index in [4.69, 9.17) is 10.5 Å². The van der Waals surface area contributed by atoms with E-state index < -0.39 is 5.60 Å². The molecule has 104 valence electrons. The van der Waals surface area contributed by atoms with Gasteiger partial charge in [-0.05, 0) is 24.3 Å². The van der Waals surface area contributed by atoms with Gasteiger partial charge in [0, 0.05) is 17.5 Å². The number of thioether (sulfide) groups is 1. The van der Waals surface area contributed by atoms with E-state index in [1.54, 1.807) is 18.9 Å². The minimum atomic E-state index is -0.703. The Labute approximate surface area is 117 Å². The summed E-state index contributed by atoms with van der Waals surface area (Å²) in [5.41, 5.74) is 5.92. The number of methoxy groups -OCH3 is 1. The standard InChI is InChI=1S/C13H19N3O2S/c1-18-11-4-2-3-10(7-11)16-12(14)15-8-13(17)5-6-19-9-13/h2-4,7,17H,5-6,8-9H2,1H3,(H3,14,15,16). The Morgan fingerprint density at radius 2 is 2.47 bits per heavy atom. The third kappa shape index (κ3) is 4.04. The molecule has 0 amide bonds. The molecule has 0 spiro atoms. The highest BCUT2D eigenvalue weighted by atomic mass is 32.2. The van der Waals surface area contributed by atoms with Gasteiger partial charge in [-0.25, -0.2) is 0 Å². The predicted molar refractivity (Wildman–Crippen MR) is 80.0 cm³/mol. The SMILES string of the molecule is COc1cccc(NC(N)=NCC2(O)CCSC2)c1. The van der Waals surface area contributed by atoms with Gasteiger partial charge in [-0.1, -0.05) is 6.07 Å². The average Bonchev–Trinajstić information content (AvgIpc) is 2.84. The van der Waals surface area contributed by atoms with Crippen molar-refractivity contribution in [3.63, 3.8) is 0 Å². The lowest BCUT2D eigenvalue weighted by atomic mass is 10.1. The van der Waals surface area contributed by atoms with Crippen molar-refractivity contribution in [1.82, 2.24) is 0 Å². The monoisotopic (exact) mass is 281 g/mol. The van der Waals surface area contributed by atoms with Crippen molar-refractivity contribution in [3.8, 4) is 5.75 Å². The number of aliphatic imine (C=N–C) groups is 1. The summed E-state index contributed by atoms with van der Waals surface area (Å²) in [5.74, 6) is 2.76. The third-order valence-electron chi connectivity index (χ3n) is 2.97. The molecule has 2 rings (SSSR count). The quantitative estimate of drug-likeness (QED) is 0.572. The van der Waals surface area contributed by atoms with Crippen LogP contribution in [0.25, 0.3) is 0 Å². The van der Waals surface area contributed by atoms with Crippen LogP contribution in [0.3, 0.4) is 0 Å². The number of ether oxygens (including phenoxy) is 1. The summed E-state index contributed by atoms with van der Waals surface area (Å²) in [5, 5.41) is 13.1. The molecule has 1 saturated heterocycles. The average molecular weight is 281 g/mol. The van der Waals surface area contributed by atoms with Crippen LogP contribution in [0.2, 0.25) is 0 Å². The maximum atomic E-state index is 10.2. The zero-order valence-electron chi connectivity index (χ0n) is 10.9. The zero-order valence-corrected chi connectivity index (χ0v) is 11.7. The first-order chi connectivity index (χ1) is 9.11. The van der Waals surface area contributed by atoms with Gasteiger partial charge in [0.2, 0.25) is 0 Å². The molecule has 0 saturated carbocycles. The first-order valence-electron chi connectivity index (χ1n) is 6.12. The molecule has 6 heteroatoms. The highest BCUT2D eigenvalue weighted by Crippen LogP contribution is 2.27. The van der Waals surface area contributed by atoms with Crippen molar-refractivity contribution in [1.29, 1.82) is 0 Å². The number of aliphatic hydroxyl groups is 1. The molecule has 1 aromatic carbocycles. The molecule has 1 fully saturated rings. The Hall–Kier alpha value is -1.40. The van der Waals surface area contributed by atoms with Crippen molar-refractivity contribution in [2.45, 2.75) is 12.0 Å². The summed E-state index contributed by atoms with van der Waals surface area (Å²) in [6.07, 6.45) is 0.771. The molecule has 1 atom stereocenters. The Morgan fingerprint density at radius 1 is 1.63 bits per heavy atom. The maximum Gasteiger partial charge on any atom is 0.193 e. The van der Waals surface area contributed by atoms with E-state index in [0.29, 0.717) is 12.5 Å². The number of nitrogens with two attached hydrogens (primary N) is 1. The van der Waals surface area contributed by atoms with Crippen molar-refractivity contribution < 1.29 is 9.84 Å². The molecule has 5 nitrogen and oxygen atoms in total. The predicted octanol–water partition coefficient (Wildman–Crippen LogP) is 1.29. The molecule has 0 bridgehead atoms. The lowest BCUT2D eigenvalue weighted by Crippen LogP contribution is -2.34. The lowest BCUT2D eigenvalue weighted by Gasteiger charge is -2.18. The minimum Gasteiger partial charge on any atom is -0.497 e. The Kier molecular flexibility index (Phi) is 4.55. The van der Waals surface area contributed by atoms with Crippen molar-refractivity contribution in [3.05, 3.63) is 24.3 Å². The molecule has 19 heavy (non-hydrogen) atoms. The fourth-order valence-electron chi connectivity index (χ4n) is 1.84. The Balaban J connectivity index is 1.94. The van der Waals surface area contributed by atoms with Crippen LogP contribution in [0.4, 0.5) is 5.69 Å². The van der Waals surface area contributed by atoms with E-state index in [0.717, 1.165) is 29.4 Å². The normalized spacial score (nSPS) is 23.4. The van der Waals surface area contributed by atoms with Crippen LogP contribution in [0.15, 0.2) is 29.3 Å². The van der Waals surface area contributed by atoms with Crippen molar-refractivity contribution in [2.75, 3.05) is 30.5 Å². The van der Waals surface area contributed by atoms with E-state index in [1.165, 1.54) is 0 Å². The summed E-state index contributed by atoms with van der Waals surface area (Å²) in [4.78, 5) is 4.21. The second-order valence-electron chi connectivity index (χ2n) is 4.59. The van der Waals surface area contributed by atoms with Crippen LogP contribution in [0.5, 0.6) is 5.75 Å². The van der Waals surface area contributed by atoms with E-state index in [-0.39, 0.29) is 0 Å². The fraction of sp³-hybridized carbons (Fsp3) is 0.462. The molecule has 1 aliphatic heterocycles. The van der Waals surface area contributed by atoms with E-state index in [9.17, 15) is 5.11 Å². The van der Waals surface area contributed by atoms with Gasteiger partial charge in [0.25, 0.3) is 0 Å². The minimum absolute atomic E-state index is 0.304. The third-order valence-corrected chi connectivity index (χ3v) is 4.20. The molecule has 1 aromatic rings. The van der Waals surface area contributed by atoms with E-state index >= 15 is 0 Å². The molecule has 4 N–H and O–H groups in total. The molecule has 0 aromatic heterocycles. The van der Waals surface area contributed by atoms with Crippen molar-refractivity contribution in [2.24, 2.45) is 10.7 Å². The molecule has 0 aliphatic carbocycles. The summed E-state index contributed by atoms with van der Waals surface area (Å²) in [7, 11) is 1.61. The summed E-state index contributed by atoms with van der Waals surface area (Å²) < 4.78 is 5.13. The first-order valence-corrected chi connectivity index (χ1v) is 7.28. The van der Waals surface area contributed by atoms with Crippen LogP contribution in [0.1, 0.15) is 6.42 Å². The van der Waals surface area contributed by atoms with Gasteiger partial charge in [-0.15, -0.1) is 0 Å². The molecule has 1 heterocycles. The molecule has 1 aliphatic rings. The number of hydrogen-bond acceptors (Lipinski definition) is 4. The number of nitrogens with one attached hydrogen (secondary N) is 1.